The van der Waals surface area contributed by atoms with Crippen molar-refractivity contribution in [3.8, 4) is 11.5 Å². The third kappa shape index (κ3) is 3.54. The van der Waals surface area contributed by atoms with E-state index in [9.17, 15) is 4.79 Å². The van der Waals surface area contributed by atoms with Gasteiger partial charge < -0.3 is 14.0 Å². The number of para-hydroxylation sites is 1. The summed E-state index contributed by atoms with van der Waals surface area (Å²) >= 11 is 3.39. The van der Waals surface area contributed by atoms with Crippen molar-refractivity contribution in [2.45, 2.75) is 20.4 Å². The number of rotatable bonds is 5. The lowest BCUT2D eigenvalue weighted by Gasteiger charge is -2.14. The van der Waals surface area contributed by atoms with E-state index in [1.807, 2.05) is 32.0 Å². The van der Waals surface area contributed by atoms with E-state index in [-0.39, 0.29) is 5.56 Å². The Morgan fingerprint density at radius 3 is 2.43 bits per heavy atom. The molecule has 2 aromatic rings. The molecule has 0 unspecified atom stereocenters. The standard InChI is InChI=1S/C16H18BrNO3/c1-11-5-4-6-12(2)14(11)21-15-13(17)7-8-18(16(15)19)9-10-20-3/h4-8H,9-10H2,1-3H3. The van der Waals surface area contributed by atoms with Crippen LogP contribution in [-0.4, -0.2) is 18.3 Å². The Morgan fingerprint density at radius 1 is 1.14 bits per heavy atom. The van der Waals surface area contributed by atoms with Crippen LogP contribution in [0, 0.1) is 13.8 Å². The van der Waals surface area contributed by atoms with Gasteiger partial charge in [0.05, 0.1) is 11.1 Å². The molecule has 0 saturated carbocycles. The van der Waals surface area contributed by atoms with Crippen molar-refractivity contribution in [3.63, 3.8) is 0 Å². The molecule has 0 atom stereocenters. The highest BCUT2D eigenvalue weighted by molar-refractivity contribution is 9.10. The van der Waals surface area contributed by atoms with Crippen molar-refractivity contribution in [2.24, 2.45) is 0 Å². The number of ether oxygens (including phenoxy) is 2. The van der Waals surface area contributed by atoms with Crippen molar-refractivity contribution in [2.75, 3.05) is 13.7 Å². The van der Waals surface area contributed by atoms with Gasteiger partial charge in [0.25, 0.3) is 5.56 Å². The molecule has 1 heterocycles. The molecule has 0 bridgehead atoms. The topological polar surface area (TPSA) is 40.5 Å². The fourth-order valence-corrected chi connectivity index (χ4v) is 2.42. The summed E-state index contributed by atoms with van der Waals surface area (Å²) in [5.41, 5.74) is 1.81. The molecule has 2 rings (SSSR count). The second-order valence-corrected chi connectivity index (χ2v) is 5.66. The van der Waals surface area contributed by atoms with E-state index < -0.39 is 0 Å². The minimum Gasteiger partial charge on any atom is -0.450 e. The summed E-state index contributed by atoms with van der Waals surface area (Å²) in [4.78, 5) is 12.5. The second kappa shape index (κ2) is 6.91. The van der Waals surface area contributed by atoms with Crippen molar-refractivity contribution < 1.29 is 9.47 Å². The number of benzene rings is 1. The van der Waals surface area contributed by atoms with Gasteiger partial charge in [-0.25, -0.2) is 0 Å². The van der Waals surface area contributed by atoms with Crippen LogP contribution < -0.4 is 10.3 Å². The predicted molar refractivity (Wildman–Crippen MR) is 86.3 cm³/mol. The normalized spacial score (nSPS) is 10.7. The molecule has 0 spiro atoms. The number of pyridine rings is 1. The van der Waals surface area contributed by atoms with Crippen LogP contribution in [0.15, 0.2) is 39.7 Å². The number of methoxy groups -OCH3 is 1. The number of aryl methyl sites for hydroxylation is 2. The fraction of sp³-hybridized carbons (Fsp3) is 0.312. The summed E-state index contributed by atoms with van der Waals surface area (Å²) in [5.74, 6) is 1.02. The van der Waals surface area contributed by atoms with E-state index in [2.05, 4.69) is 15.9 Å². The zero-order valence-corrected chi connectivity index (χ0v) is 13.9. The summed E-state index contributed by atoms with van der Waals surface area (Å²) in [5, 5.41) is 0. The zero-order chi connectivity index (χ0) is 15.4. The van der Waals surface area contributed by atoms with Crippen LogP contribution >= 0.6 is 15.9 Å². The molecule has 0 aliphatic heterocycles. The fourth-order valence-electron chi connectivity index (χ4n) is 2.05. The van der Waals surface area contributed by atoms with Gasteiger partial charge in [-0.05, 0) is 47.0 Å². The Balaban J connectivity index is 2.42. The third-order valence-corrected chi connectivity index (χ3v) is 3.85. The Morgan fingerprint density at radius 2 is 1.81 bits per heavy atom. The summed E-state index contributed by atoms with van der Waals surface area (Å²) in [6.45, 7) is 4.89. The first-order chi connectivity index (χ1) is 10.0. The van der Waals surface area contributed by atoms with Gasteiger partial charge in [-0.2, -0.15) is 0 Å². The lowest BCUT2D eigenvalue weighted by Crippen LogP contribution is -2.23. The molecule has 1 aromatic carbocycles. The minimum atomic E-state index is -0.177. The average Bonchev–Trinajstić information content (AvgIpc) is 2.45. The summed E-state index contributed by atoms with van der Waals surface area (Å²) in [6.07, 6.45) is 1.73. The molecule has 4 nitrogen and oxygen atoms in total. The molecule has 112 valence electrons. The molecule has 0 aliphatic rings. The molecule has 5 heteroatoms. The van der Waals surface area contributed by atoms with E-state index in [0.29, 0.717) is 23.4 Å². The molecule has 0 N–H and O–H groups in total. The first-order valence-electron chi connectivity index (χ1n) is 6.66. The highest BCUT2D eigenvalue weighted by Crippen LogP contribution is 2.30. The van der Waals surface area contributed by atoms with Crippen LogP contribution in [0.2, 0.25) is 0 Å². The quantitative estimate of drug-likeness (QED) is 0.825. The van der Waals surface area contributed by atoms with Crippen molar-refractivity contribution in [3.05, 3.63) is 56.4 Å². The molecule has 0 saturated heterocycles. The molecular formula is C16H18BrNO3. The van der Waals surface area contributed by atoms with Crippen LogP contribution in [0.1, 0.15) is 11.1 Å². The number of aromatic nitrogens is 1. The lowest BCUT2D eigenvalue weighted by molar-refractivity contribution is 0.186. The third-order valence-electron chi connectivity index (χ3n) is 3.22. The zero-order valence-electron chi connectivity index (χ0n) is 12.4. The van der Waals surface area contributed by atoms with Gasteiger partial charge in [-0.1, -0.05) is 18.2 Å². The molecule has 21 heavy (non-hydrogen) atoms. The van der Waals surface area contributed by atoms with E-state index in [1.54, 1.807) is 23.9 Å². The van der Waals surface area contributed by atoms with Crippen LogP contribution in [0.25, 0.3) is 0 Å². The van der Waals surface area contributed by atoms with Crippen LogP contribution in [0.4, 0.5) is 0 Å². The molecule has 0 radical (unpaired) electrons. The van der Waals surface area contributed by atoms with Crippen LogP contribution in [0.5, 0.6) is 11.5 Å². The van der Waals surface area contributed by atoms with Crippen molar-refractivity contribution in [1.29, 1.82) is 0 Å². The number of halogens is 1. The first kappa shape index (κ1) is 15.8. The van der Waals surface area contributed by atoms with Gasteiger partial charge in [0.2, 0.25) is 5.75 Å². The Kier molecular flexibility index (Phi) is 5.20. The van der Waals surface area contributed by atoms with Crippen LogP contribution in [-0.2, 0) is 11.3 Å². The Hall–Kier alpha value is -1.59. The molecule has 0 fully saturated rings. The highest BCUT2D eigenvalue weighted by atomic mass is 79.9. The van der Waals surface area contributed by atoms with Gasteiger partial charge in [0.15, 0.2) is 0 Å². The van der Waals surface area contributed by atoms with Crippen LogP contribution in [0.3, 0.4) is 0 Å². The average molecular weight is 352 g/mol. The monoisotopic (exact) mass is 351 g/mol. The van der Waals surface area contributed by atoms with E-state index in [4.69, 9.17) is 9.47 Å². The van der Waals surface area contributed by atoms with Gasteiger partial charge >= 0.3 is 0 Å². The van der Waals surface area contributed by atoms with Crippen molar-refractivity contribution >= 4 is 15.9 Å². The summed E-state index contributed by atoms with van der Waals surface area (Å²) in [6, 6.07) is 7.69. The molecular weight excluding hydrogens is 334 g/mol. The number of hydrogen-bond donors (Lipinski definition) is 0. The summed E-state index contributed by atoms with van der Waals surface area (Å²) < 4.78 is 13.1. The van der Waals surface area contributed by atoms with E-state index >= 15 is 0 Å². The highest BCUT2D eigenvalue weighted by Gasteiger charge is 2.13. The predicted octanol–water partition coefficient (Wildman–Crippen LogP) is 3.67. The smallest absolute Gasteiger partial charge is 0.294 e. The van der Waals surface area contributed by atoms with Gasteiger partial charge in [-0.15, -0.1) is 0 Å². The largest absolute Gasteiger partial charge is 0.450 e. The first-order valence-corrected chi connectivity index (χ1v) is 7.46. The maximum absolute atomic E-state index is 12.5. The van der Waals surface area contributed by atoms with E-state index in [1.165, 1.54) is 0 Å². The molecule has 0 amide bonds. The van der Waals surface area contributed by atoms with Gasteiger partial charge in [0, 0.05) is 19.9 Å². The minimum absolute atomic E-state index is 0.177. The number of nitrogens with zero attached hydrogens (tertiary/aromatic N) is 1. The molecule has 0 aliphatic carbocycles. The summed E-state index contributed by atoms with van der Waals surface area (Å²) in [7, 11) is 1.61. The second-order valence-electron chi connectivity index (χ2n) is 4.81. The van der Waals surface area contributed by atoms with Gasteiger partial charge in [-0.3, -0.25) is 4.79 Å². The SMILES string of the molecule is COCCn1ccc(Br)c(Oc2c(C)cccc2C)c1=O. The van der Waals surface area contributed by atoms with Crippen molar-refractivity contribution in [1.82, 2.24) is 4.57 Å². The Labute approximate surface area is 132 Å². The Bertz CT molecular complexity index is 674. The number of hydrogen-bond acceptors (Lipinski definition) is 3. The van der Waals surface area contributed by atoms with Gasteiger partial charge in [0.1, 0.15) is 5.75 Å². The van der Waals surface area contributed by atoms with E-state index in [0.717, 1.165) is 16.9 Å². The molecule has 1 aromatic heterocycles. The maximum Gasteiger partial charge on any atom is 0.294 e. The lowest BCUT2D eigenvalue weighted by atomic mass is 10.1. The maximum atomic E-state index is 12.5.